The van der Waals surface area contributed by atoms with Gasteiger partial charge < -0.3 is 14.7 Å². The van der Waals surface area contributed by atoms with Gasteiger partial charge in [0.1, 0.15) is 5.82 Å². The highest BCUT2D eigenvalue weighted by molar-refractivity contribution is 5.95. The summed E-state index contributed by atoms with van der Waals surface area (Å²) in [5, 5.41) is 20.1. The zero-order valence-electron chi connectivity index (χ0n) is 11.4. The van der Waals surface area contributed by atoms with Crippen LogP contribution in [0.5, 0.6) is 0 Å². The van der Waals surface area contributed by atoms with Crippen molar-refractivity contribution in [2.75, 3.05) is 27.3 Å². The molecule has 1 atom stereocenters. The number of likely N-dealkylation sites (N-methyl/N-ethyl adjacent to an activating group) is 1. The Morgan fingerprint density at radius 1 is 1.48 bits per heavy atom. The summed E-state index contributed by atoms with van der Waals surface area (Å²) in [5.41, 5.74) is -1.64. The van der Waals surface area contributed by atoms with Crippen LogP contribution in [0, 0.1) is 21.7 Å². The Morgan fingerprint density at radius 2 is 2.10 bits per heavy atom. The number of aliphatic hydroxyl groups is 1. The van der Waals surface area contributed by atoms with Gasteiger partial charge in [-0.3, -0.25) is 14.9 Å². The first kappa shape index (κ1) is 16.9. The summed E-state index contributed by atoms with van der Waals surface area (Å²) in [5.74, 6) is -3.49. The number of ether oxygens (including phenoxy) is 1. The van der Waals surface area contributed by atoms with E-state index in [1.165, 1.54) is 14.2 Å². The van der Waals surface area contributed by atoms with Gasteiger partial charge in [0.25, 0.3) is 5.91 Å². The van der Waals surface area contributed by atoms with Crippen LogP contribution in [-0.2, 0) is 4.74 Å². The molecule has 21 heavy (non-hydrogen) atoms. The lowest BCUT2D eigenvalue weighted by molar-refractivity contribution is -0.387. The Labute approximate surface area is 118 Å². The number of nitro groups is 1. The van der Waals surface area contributed by atoms with Crippen molar-refractivity contribution in [3.63, 3.8) is 0 Å². The molecule has 0 aliphatic carbocycles. The lowest BCUT2D eigenvalue weighted by Gasteiger charge is -2.20. The van der Waals surface area contributed by atoms with E-state index in [-0.39, 0.29) is 19.2 Å². The van der Waals surface area contributed by atoms with Gasteiger partial charge in [0, 0.05) is 32.8 Å². The Balaban J connectivity index is 3.01. The minimum atomic E-state index is -1.36. The molecule has 0 aromatic heterocycles. The van der Waals surface area contributed by atoms with Crippen LogP contribution in [0.2, 0.25) is 0 Å². The summed E-state index contributed by atoms with van der Waals surface area (Å²) >= 11 is 0. The van der Waals surface area contributed by atoms with E-state index in [4.69, 9.17) is 0 Å². The molecule has 1 unspecified atom stereocenters. The molecule has 0 spiro atoms. The third-order valence-electron chi connectivity index (χ3n) is 2.65. The molecule has 1 rings (SSSR count). The molecule has 0 aliphatic rings. The van der Waals surface area contributed by atoms with E-state index < -0.39 is 39.8 Å². The van der Waals surface area contributed by atoms with E-state index >= 15 is 0 Å². The van der Waals surface area contributed by atoms with Crippen molar-refractivity contribution in [3.05, 3.63) is 39.4 Å². The van der Waals surface area contributed by atoms with Crippen molar-refractivity contribution in [2.45, 2.75) is 6.10 Å². The number of halogens is 2. The topological polar surface area (TPSA) is 92.9 Å². The molecule has 116 valence electrons. The third-order valence-corrected chi connectivity index (χ3v) is 2.65. The van der Waals surface area contributed by atoms with E-state index in [1.54, 1.807) is 0 Å². The van der Waals surface area contributed by atoms with Crippen molar-refractivity contribution in [1.29, 1.82) is 0 Å². The Bertz CT molecular complexity index is 553. The Kier molecular flexibility index (Phi) is 5.68. The molecule has 0 radical (unpaired) electrons. The number of rotatable bonds is 6. The largest absolute Gasteiger partial charge is 0.389 e. The lowest BCUT2D eigenvalue weighted by atomic mass is 10.1. The highest BCUT2D eigenvalue weighted by Crippen LogP contribution is 2.22. The first-order valence-corrected chi connectivity index (χ1v) is 5.83. The Morgan fingerprint density at radius 3 is 2.62 bits per heavy atom. The molecule has 0 saturated heterocycles. The van der Waals surface area contributed by atoms with Gasteiger partial charge in [0.15, 0.2) is 0 Å². The van der Waals surface area contributed by atoms with Crippen LogP contribution in [-0.4, -0.2) is 54.3 Å². The van der Waals surface area contributed by atoms with Crippen LogP contribution in [0.25, 0.3) is 0 Å². The van der Waals surface area contributed by atoms with Crippen molar-refractivity contribution in [2.24, 2.45) is 0 Å². The maximum Gasteiger partial charge on any atom is 0.305 e. The molecule has 0 heterocycles. The summed E-state index contributed by atoms with van der Waals surface area (Å²) < 4.78 is 31.5. The van der Waals surface area contributed by atoms with Gasteiger partial charge in [-0.2, -0.15) is 4.39 Å². The smallest absolute Gasteiger partial charge is 0.305 e. The maximum atomic E-state index is 13.6. The van der Waals surface area contributed by atoms with Crippen LogP contribution in [0.4, 0.5) is 14.5 Å². The van der Waals surface area contributed by atoms with Gasteiger partial charge in [-0.25, -0.2) is 4.39 Å². The van der Waals surface area contributed by atoms with E-state index in [9.17, 15) is 28.8 Å². The van der Waals surface area contributed by atoms with E-state index in [0.29, 0.717) is 6.07 Å². The molecule has 0 bridgehead atoms. The number of aliphatic hydroxyl groups excluding tert-OH is 1. The fourth-order valence-electron chi connectivity index (χ4n) is 1.69. The minimum absolute atomic E-state index is 0.0380. The summed E-state index contributed by atoms with van der Waals surface area (Å²) in [6.45, 7) is -0.207. The second-order valence-corrected chi connectivity index (χ2v) is 4.34. The predicted octanol–water partition coefficient (Wildman–Crippen LogP) is 0.952. The number of methoxy groups -OCH3 is 1. The molecule has 9 heteroatoms. The molecule has 0 saturated carbocycles. The summed E-state index contributed by atoms with van der Waals surface area (Å²) in [6.07, 6.45) is -0.998. The van der Waals surface area contributed by atoms with Crippen LogP contribution in [0.1, 0.15) is 10.4 Å². The number of carbonyl (C=O) groups is 1. The van der Waals surface area contributed by atoms with Crippen molar-refractivity contribution < 1.29 is 28.3 Å². The predicted molar refractivity (Wildman–Crippen MR) is 67.9 cm³/mol. The van der Waals surface area contributed by atoms with Gasteiger partial charge in [-0.1, -0.05) is 0 Å². The molecular formula is C12H14F2N2O5. The van der Waals surface area contributed by atoms with E-state index in [1.807, 2.05) is 0 Å². The molecular weight excluding hydrogens is 290 g/mol. The van der Waals surface area contributed by atoms with Gasteiger partial charge in [-0.15, -0.1) is 0 Å². The second-order valence-electron chi connectivity index (χ2n) is 4.34. The quantitative estimate of drug-likeness (QED) is 0.624. The average molecular weight is 304 g/mol. The van der Waals surface area contributed by atoms with E-state index in [2.05, 4.69) is 4.74 Å². The minimum Gasteiger partial charge on any atom is -0.389 e. The summed E-state index contributed by atoms with van der Waals surface area (Å²) in [4.78, 5) is 22.5. The number of nitro benzene ring substituents is 1. The van der Waals surface area contributed by atoms with Crippen LogP contribution < -0.4 is 0 Å². The van der Waals surface area contributed by atoms with Crippen molar-refractivity contribution in [3.8, 4) is 0 Å². The zero-order chi connectivity index (χ0) is 16.2. The number of nitrogens with zero attached hydrogens (tertiary/aromatic N) is 2. The average Bonchev–Trinajstić information content (AvgIpc) is 2.37. The van der Waals surface area contributed by atoms with Crippen LogP contribution in [0.15, 0.2) is 12.1 Å². The molecule has 7 nitrogen and oxygen atoms in total. The SMILES string of the molecule is COCC(O)CN(C)C(=O)c1cc([N+](=O)[O-])c(F)cc1F. The maximum absolute atomic E-state index is 13.6. The number of benzene rings is 1. The van der Waals surface area contributed by atoms with Crippen molar-refractivity contribution >= 4 is 11.6 Å². The van der Waals surface area contributed by atoms with Crippen molar-refractivity contribution in [1.82, 2.24) is 4.90 Å². The van der Waals surface area contributed by atoms with Gasteiger partial charge in [0.2, 0.25) is 5.82 Å². The second kappa shape index (κ2) is 7.04. The van der Waals surface area contributed by atoms with Gasteiger partial charge in [-0.05, 0) is 0 Å². The first-order chi connectivity index (χ1) is 9.77. The number of amides is 1. The normalized spacial score (nSPS) is 12.0. The number of hydrogen-bond acceptors (Lipinski definition) is 5. The lowest BCUT2D eigenvalue weighted by Crippen LogP contribution is -2.36. The summed E-state index contributed by atoms with van der Waals surface area (Å²) in [7, 11) is 2.63. The molecule has 1 N–H and O–H groups in total. The molecule has 1 amide bonds. The standard InChI is InChI=1S/C12H14F2N2O5/c1-15(5-7(17)6-21-2)12(18)8-3-11(16(19)20)10(14)4-9(8)13/h3-4,7,17H,5-6H2,1-2H3. The monoisotopic (exact) mass is 304 g/mol. The van der Waals surface area contributed by atoms with E-state index in [0.717, 1.165) is 4.90 Å². The molecule has 0 fully saturated rings. The molecule has 1 aromatic carbocycles. The summed E-state index contributed by atoms with van der Waals surface area (Å²) in [6, 6.07) is 0.816. The van der Waals surface area contributed by atoms with Crippen LogP contribution in [0.3, 0.4) is 0 Å². The van der Waals surface area contributed by atoms with Crippen LogP contribution >= 0.6 is 0 Å². The molecule has 0 aliphatic heterocycles. The molecule has 1 aromatic rings. The fraction of sp³-hybridized carbons (Fsp3) is 0.417. The highest BCUT2D eigenvalue weighted by Gasteiger charge is 2.25. The first-order valence-electron chi connectivity index (χ1n) is 5.83. The highest BCUT2D eigenvalue weighted by atomic mass is 19.1. The van der Waals surface area contributed by atoms with Gasteiger partial charge in [0.05, 0.1) is 23.2 Å². The number of carbonyl (C=O) groups excluding carboxylic acids is 1. The number of hydrogen-bond donors (Lipinski definition) is 1. The van der Waals surface area contributed by atoms with Gasteiger partial charge >= 0.3 is 5.69 Å². The third kappa shape index (κ3) is 4.17. The fourth-order valence-corrected chi connectivity index (χ4v) is 1.69. The zero-order valence-corrected chi connectivity index (χ0v) is 11.4. The Hall–Kier alpha value is -2.13.